The first kappa shape index (κ1) is 13.6. The second-order valence-corrected chi connectivity index (χ2v) is 4.86. The first-order valence-corrected chi connectivity index (χ1v) is 6.64. The molecule has 98 valence electrons. The van der Waals surface area contributed by atoms with Gasteiger partial charge < -0.3 is 5.11 Å². The first-order chi connectivity index (χ1) is 9.24. The van der Waals surface area contributed by atoms with Crippen LogP contribution in [0.1, 0.15) is 29.9 Å². The summed E-state index contributed by atoms with van der Waals surface area (Å²) in [6, 6.07) is 20.1. The molecule has 2 aromatic carbocycles. The maximum absolute atomic E-state index is 10.6. The lowest BCUT2D eigenvalue weighted by Gasteiger charge is -2.26. The summed E-state index contributed by atoms with van der Waals surface area (Å²) < 4.78 is 0. The van der Waals surface area contributed by atoms with Crippen molar-refractivity contribution in [3.63, 3.8) is 0 Å². The lowest BCUT2D eigenvalue weighted by Crippen LogP contribution is -2.23. The van der Waals surface area contributed by atoms with E-state index >= 15 is 0 Å². The van der Waals surface area contributed by atoms with Crippen molar-refractivity contribution in [3.8, 4) is 0 Å². The summed E-state index contributed by atoms with van der Waals surface area (Å²) in [5.74, 6) is 0.0285. The van der Waals surface area contributed by atoms with E-state index in [2.05, 4.69) is 25.6 Å². The van der Waals surface area contributed by atoms with E-state index in [1.54, 1.807) is 0 Å². The molecule has 0 radical (unpaired) electrons. The zero-order chi connectivity index (χ0) is 13.7. The van der Waals surface area contributed by atoms with E-state index in [4.69, 9.17) is 0 Å². The van der Waals surface area contributed by atoms with Crippen LogP contribution in [0.5, 0.6) is 0 Å². The predicted octanol–water partition coefficient (Wildman–Crippen LogP) is 4.12. The maximum Gasteiger partial charge on any atom is 0.0708 e. The van der Waals surface area contributed by atoms with E-state index in [0.717, 1.165) is 11.1 Å². The fourth-order valence-corrected chi connectivity index (χ4v) is 2.41. The number of aliphatic hydroxyl groups excluding tert-OH is 1. The van der Waals surface area contributed by atoms with Gasteiger partial charge in [-0.1, -0.05) is 73.7 Å². The van der Waals surface area contributed by atoms with E-state index < -0.39 is 6.10 Å². The van der Waals surface area contributed by atoms with Gasteiger partial charge in [-0.25, -0.2) is 0 Å². The monoisotopic (exact) mass is 252 g/mol. The number of benzene rings is 2. The maximum atomic E-state index is 10.6. The van der Waals surface area contributed by atoms with E-state index in [1.165, 1.54) is 0 Å². The summed E-state index contributed by atoms with van der Waals surface area (Å²) in [5.41, 5.74) is 2.26. The zero-order valence-electron chi connectivity index (χ0n) is 11.2. The van der Waals surface area contributed by atoms with Crippen LogP contribution in [0.3, 0.4) is 0 Å². The van der Waals surface area contributed by atoms with Crippen molar-refractivity contribution >= 4 is 0 Å². The highest BCUT2D eigenvalue weighted by atomic mass is 16.3. The summed E-state index contributed by atoms with van der Waals surface area (Å²) in [6.07, 6.45) is 1.36. The van der Waals surface area contributed by atoms with Crippen molar-refractivity contribution in [2.24, 2.45) is 0 Å². The lowest BCUT2D eigenvalue weighted by atomic mass is 9.83. The second-order valence-electron chi connectivity index (χ2n) is 4.86. The molecule has 1 heteroatoms. The van der Waals surface area contributed by atoms with Crippen molar-refractivity contribution in [2.75, 3.05) is 0 Å². The Bertz CT molecular complexity index is 504. The standard InChI is InChI=1S/C18H20O/c1-3-17(16-12-8-5-9-13-16)18(19)14(2)15-10-6-4-7-11-15/h3-14,17-19H,1H2,2H3/t14-,17+,18+/m0/s1. The highest BCUT2D eigenvalue weighted by molar-refractivity contribution is 5.28. The van der Waals surface area contributed by atoms with Crippen LogP contribution in [-0.2, 0) is 0 Å². The van der Waals surface area contributed by atoms with Gasteiger partial charge in [0.2, 0.25) is 0 Å². The molecule has 0 saturated carbocycles. The molecule has 2 aromatic rings. The summed E-state index contributed by atoms with van der Waals surface area (Å²) in [4.78, 5) is 0. The molecule has 0 aliphatic heterocycles. The van der Waals surface area contributed by atoms with Gasteiger partial charge in [-0.3, -0.25) is 0 Å². The Kier molecular flexibility index (Phi) is 4.53. The first-order valence-electron chi connectivity index (χ1n) is 6.64. The number of hydrogen-bond acceptors (Lipinski definition) is 1. The minimum atomic E-state index is -0.470. The molecular formula is C18H20O. The average molecular weight is 252 g/mol. The van der Waals surface area contributed by atoms with Crippen LogP contribution in [0.4, 0.5) is 0 Å². The van der Waals surface area contributed by atoms with Crippen LogP contribution in [0.15, 0.2) is 73.3 Å². The number of aliphatic hydroxyl groups is 1. The largest absolute Gasteiger partial charge is 0.392 e. The van der Waals surface area contributed by atoms with Crippen LogP contribution < -0.4 is 0 Å². The van der Waals surface area contributed by atoms with Crippen LogP contribution in [0.25, 0.3) is 0 Å². The van der Waals surface area contributed by atoms with Gasteiger partial charge in [0.1, 0.15) is 0 Å². The minimum Gasteiger partial charge on any atom is -0.392 e. The SMILES string of the molecule is C=C[C@H](c1ccccc1)[C@H](O)[C@@H](C)c1ccccc1. The second kappa shape index (κ2) is 6.35. The molecular weight excluding hydrogens is 232 g/mol. The van der Waals surface area contributed by atoms with Crippen molar-refractivity contribution in [1.82, 2.24) is 0 Å². The molecule has 0 saturated heterocycles. The van der Waals surface area contributed by atoms with Crippen molar-refractivity contribution in [2.45, 2.75) is 24.9 Å². The molecule has 0 heterocycles. The number of hydrogen-bond donors (Lipinski definition) is 1. The lowest BCUT2D eigenvalue weighted by molar-refractivity contribution is 0.134. The van der Waals surface area contributed by atoms with Gasteiger partial charge in [0.25, 0.3) is 0 Å². The van der Waals surface area contributed by atoms with E-state index in [1.807, 2.05) is 54.6 Å². The molecule has 0 amide bonds. The third kappa shape index (κ3) is 3.12. The zero-order valence-corrected chi connectivity index (χ0v) is 11.2. The molecule has 0 aliphatic carbocycles. The highest BCUT2D eigenvalue weighted by Crippen LogP contribution is 2.30. The van der Waals surface area contributed by atoms with E-state index in [-0.39, 0.29) is 11.8 Å². The smallest absolute Gasteiger partial charge is 0.0708 e. The molecule has 0 bridgehead atoms. The third-order valence-electron chi connectivity index (χ3n) is 3.64. The Morgan fingerprint density at radius 1 is 0.895 bits per heavy atom. The molecule has 19 heavy (non-hydrogen) atoms. The van der Waals surface area contributed by atoms with Crippen molar-refractivity contribution in [1.29, 1.82) is 0 Å². The minimum absolute atomic E-state index is 0.0450. The fourth-order valence-electron chi connectivity index (χ4n) is 2.41. The molecule has 3 atom stereocenters. The molecule has 1 N–H and O–H groups in total. The molecule has 0 fully saturated rings. The molecule has 1 nitrogen and oxygen atoms in total. The molecule has 0 unspecified atom stereocenters. The fraction of sp³-hybridized carbons (Fsp3) is 0.222. The Morgan fingerprint density at radius 3 is 1.84 bits per heavy atom. The third-order valence-corrected chi connectivity index (χ3v) is 3.64. The van der Waals surface area contributed by atoms with Gasteiger partial charge in [0.05, 0.1) is 6.10 Å². The van der Waals surface area contributed by atoms with Crippen LogP contribution >= 0.6 is 0 Å². The summed E-state index contributed by atoms with van der Waals surface area (Å²) >= 11 is 0. The van der Waals surface area contributed by atoms with Crippen molar-refractivity contribution in [3.05, 3.63) is 84.4 Å². The van der Waals surface area contributed by atoms with Crippen LogP contribution in [0, 0.1) is 0 Å². The van der Waals surface area contributed by atoms with Gasteiger partial charge in [-0.15, -0.1) is 6.58 Å². The van der Waals surface area contributed by atoms with Gasteiger partial charge in [0.15, 0.2) is 0 Å². The molecule has 2 rings (SSSR count). The Hall–Kier alpha value is -1.86. The van der Waals surface area contributed by atoms with Gasteiger partial charge in [0, 0.05) is 11.8 Å². The van der Waals surface area contributed by atoms with E-state index in [9.17, 15) is 5.11 Å². The highest BCUT2D eigenvalue weighted by Gasteiger charge is 2.24. The summed E-state index contributed by atoms with van der Waals surface area (Å²) in [6.45, 7) is 5.93. The predicted molar refractivity (Wildman–Crippen MR) is 80.2 cm³/mol. The van der Waals surface area contributed by atoms with Gasteiger partial charge >= 0.3 is 0 Å². The molecule has 0 spiro atoms. The number of rotatable bonds is 5. The van der Waals surface area contributed by atoms with Crippen molar-refractivity contribution < 1.29 is 5.11 Å². The Labute approximate surface area is 115 Å². The van der Waals surface area contributed by atoms with Crippen LogP contribution in [0.2, 0.25) is 0 Å². The van der Waals surface area contributed by atoms with Gasteiger partial charge in [-0.05, 0) is 11.1 Å². The Morgan fingerprint density at radius 2 is 1.37 bits per heavy atom. The quantitative estimate of drug-likeness (QED) is 0.794. The average Bonchev–Trinajstić information content (AvgIpc) is 2.49. The van der Waals surface area contributed by atoms with Gasteiger partial charge in [-0.2, -0.15) is 0 Å². The summed E-state index contributed by atoms with van der Waals surface area (Å²) in [7, 11) is 0. The Balaban J connectivity index is 2.22. The van der Waals surface area contributed by atoms with E-state index in [0.29, 0.717) is 0 Å². The molecule has 0 aliphatic rings. The molecule has 0 aromatic heterocycles. The summed E-state index contributed by atoms with van der Waals surface area (Å²) in [5, 5.41) is 10.6. The topological polar surface area (TPSA) is 20.2 Å². The normalized spacial score (nSPS) is 15.5. The van der Waals surface area contributed by atoms with Crippen LogP contribution in [-0.4, -0.2) is 11.2 Å².